The summed E-state index contributed by atoms with van der Waals surface area (Å²) in [5, 5.41) is 23.2. The van der Waals surface area contributed by atoms with Gasteiger partial charge in [0.2, 0.25) is 11.7 Å². The van der Waals surface area contributed by atoms with Crippen LogP contribution in [-0.2, 0) is 55.4 Å². The lowest BCUT2D eigenvalue weighted by molar-refractivity contribution is -0.164. The topological polar surface area (TPSA) is 334 Å². The van der Waals surface area contributed by atoms with Crippen molar-refractivity contribution in [2.75, 3.05) is 45.0 Å². The molecule has 3 amide bonds. The summed E-state index contributed by atoms with van der Waals surface area (Å²) in [5.74, 6) is -2.14. The molecule has 9 rings (SSSR count). The number of nitrogens with zero attached hydrogens (tertiary/aromatic N) is 5. The number of benzene rings is 8. The normalized spacial score (nSPS) is 14.1. The molecule has 1 heterocycles. The number of carbonyl (C=O) groups excluding carboxylic acids is 5. The van der Waals surface area contributed by atoms with Crippen molar-refractivity contribution < 1.29 is 68.9 Å². The SMILES string of the molecule is CCC(C)(C)C(=O)C(=O)N1CCCCC1C(=O)OC(CCc1ccc(OC)c(OC)c1)c1cccc(OCC(=O)NCC(=O)Nc2c(/N=N/c3ccc(-c4ccc(/N=N/c5cc(S(=O)(=O)O)c6ccccc6c5N)cc4)cc3)cc(S(=O)(=O)O)c3ccccc23)c1. The standard InChI is InChI=1S/C66H66N8O15S2/c1-6-66(2,3)63(77)64(78)74-33-12-11-20-53(74)65(79)89-54(31-21-40-22-32-55(86-4)56(34-40)87-5)43-14-13-15-46(35-43)88-39-60(76)68-38-59(75)69-62-50-19-10-8-17-48(50)58(91(83,84)85)37-52(62)73-71-45-29-25-42(26-30-45)41-23-27-44(28-24-41)70-72-51-36-57(90(80,81)82)47-16-7-9-18-49(47)61(51)67/h7-10,13-19,22-30,32,34-37,53-54H,6,11-12,20-21,31,33,38-39,67H2,1-5H3,(H,68,76)(H,69,75)(H,80,81,82)(H,83,84,85)/b72-70+,73-71+. The van der Waals surface area contributed by atoms with E-state index < -0.39 is 85.3 Å². The van der Waals surface area contributed by atoms with Crippen LogP contribution in [-0.4, -0.2) is 100 Å². The number of nitrogen functional groups attached to an aromatic ring is 1. The van der Waals surface area contributed by atoms with Crippen LogP contribution in [0, 0.1) is 5.41 Å². The molecule has 0 aliphatic carbocycles. The van der Waals surface area contributed by atoms with E-state index in [1.165, 1.54) is 37.3 Å². The Kier molecular flexibility index (Phi) is 20.3. The van der Waals surface area contributed by atoms with Crippen molar-refractivity contribution in [2.24, 2.45) is 25.9 Å². The highest BCUT2D eigenvalue weighted by atomic mass is 32.2. The number of hydrogen-bond acceptors (Lipinski definition) is 18. The van der Waals surface area contributed by atoms with Gasteiger partial charge >= 0.3 is 5.97 Å². The van der Waals surface area contributed by atoms with Gasteiger partial charge in [0.25, 0.3) is 32.1 Å². The molecule has 6 N–H and O–H groups in total. The highest BCUT2D eigenvalue weighted by Gasteiger charge is 2.41. The van der Waals surface area contributed by atoms with Crippen LogP contribution in [0.5, 0.6) is 17.2 Å². The molecule has 0 spiro atoms. The van der Waals surface area contributed by atoms with E-state index >= 15 is 0 Å². The molecule has 23 nitrogen and oxygen atoms in total. The monoisotopic (exact) mass is 1270 g/mol. The summed E-state index contributed by atoms with van der Waals surface area (Å²) in [4.78, 5) is 68.7. The van der Waals surface area contributed by atoms with Gasteiger partial charge in [-0.25, -0.2) is 4.79 Å². The first-order valence-corrected chi connectivity index (χ1v) is 31.8. The summed E-state index contributed by atoms with van der Waals surface area (Å²) < 4.78 is 93.2. The highest BCUT2D eigenvalue weighted by molar-refractivity contribution is 7.86. The average molecular weight is 1280 g/mol. The molecule has 2 atom stereocenters. The molecule has 0 bridgehead atoms. The number of amides is 3. The summed E-state index contributed by atoms with van der Waals surface area (Å²) in [6, 6.07) is 39.5. The van der Waals surface area contributed by atoms with Gasteiger partial charge in [0.1, 0.15) is 39.1 Å². The Morgan fingerprint density at radius 1 is 0.670 bits per heavy atom. The minimum Gasteiger partial charge on any atom is -0.493 e. The van der Waals surface area contributed by atoms with Crippen LogP contribution in [0.1, 0.15) is 70.1 Å². The van der Waals surface area contributed by atoms with Crippen LogP contribution in [0.4, 0.5) is 34.1 Å². The van der Waals surface area contributed by atoms with Gasteiger partial charge < -0.3 is 40.2 Å². The van der Waals surface area contributed by atoms with Crippen molar-refractivity contribution in [3.05, 3.63) is 163 Å². The van der Waals surface area contributed by atoms with Gasteiger partial charge in [0.15, 0.2) is 18.1 Å². The molecule has 472 valence electrons. The fourth-order valence-corrected chi connectivity index (χ4v) is 11.7. The molecule has 1 aliphatic heterocycles. The number of esters is 1. The van der Waals surface area contributed by atoms with Crippen molar-refractivity contribution >= 4 is 105 Å². The lowest BCUT2D eigenvalue weighted by atomic mass is 9.84. The van der Waals surface area contributed by atoms with E-state index in [0.717, 1.165) is 28.8 Å². The van der Waals surface area contributed by atoms with Crippen LogP contribution in [0.3, 0.4) is 0 Å². The number of ketones is 1. The maximum atomic E-state index is 14.2. The van der Waals surface area contributed by atoms with Gasteiger partial charge in [-0.05, 0) is 121 Å². The number of methoxy groups -OCH3 is 2. The lowest BCUT2D eigenvalue weighted by Gasteiger charge is -2.36. The zero-order chi connectivity index (χ0) is 65.2. The lowest BCUT2D eigenvalue weighted by Crippen LogP contribution is -2.53. The van der Waals surface area contributed by atoms with E-state index in [4.69, 9.17) is 24.7 Å². The second-order valence-corrected chi connectivity index (χ2v) is 24.8. The second-order valence-electron chi connectivity index (χ2n) is 22.0. The summed E-state index contributed by atoms with van der Waals surface area (Å²) >= 11 is 0. The highest BCUT2D eigenvalue weighted by Crippen LogP contribution is 2.41. The number of likely N-dealkylation sites (tertiary alicyclic amines) is 1. The quantitative estimate of drug-likeness (QED) is 0.0123. The molecule has 0 aromatic heterocycles. The first-order valence-electron chi connectivity index (χ1n) is 28.9. The largest absolute Gasteiger partial charge is 0.493 e. The number of carbonyl (C=O) groups is 5. The summed E-state index contributed by atoms with van der Waals surface area (Å²) in [7, 11) is -6.40. The smallest absolute Gasteiger partial charge is 0.329 e. The van der Waals surface area contributed by atoms with Gasteiger partial charge in [-0.2, -0.15) is 27.1 Å². The Labute approximate surface area is 525 Å². The molecule has 8 aromatic carbocycles. The first kappa shape index (κ1) is 65.5. The molecule has 1 aliphatic rings. The fourth-order valence-electron chi connectivity index (χ4n) is 10.3. The number of anilines is 2. The van der Waals surface area contributed by atoms with E-state index in [0.29, 0.717) is 65.9 Å². The number of nitrogens with two attached hydrogens (primary N) is 1. The number of Topliss-reactive ketones (excluding diaryl/α,β-unsaturated/α-hetero) is 1. The molecule has 1 saturated heterocycles. The zero-order valence-corrected chi connectivity index (χ0v) is 51.9. The third-order valence-electron chi connectivity index (χ3n) is 15.6. The second kappa shape index (κ2) is 28.3. The van der Waals surface area contributed by atoms with Gasteiger partial charge in [0.05, 0.1) is 43.5 Å². The molecule has 0 saturated carbocycles. The number of azo groups is 2. The van der Waals surface area contributed by atoms with Crippen molar-refractivity contribution in [1.29, 1.82) is 0 Å². The van der Waals surface area contributed by atoms with Gasteiger partial charge in [-0.1, -0.05) is 112 Å². The van der Waals surface area contributed by atoms with Crippen LogP contribution < -0.4 is 30.6 Å². The number of fused-ring (bicyclic) bond motifs is 2. The van der Waals surface area contributed by atoms with Crippen molar-refractivity contribution in [2.45, 2.75) is 81.2 Å². The zero-order valence-electron chi connectivity index (χ0n) is 50.3. The van der Waals surface area contributed by atoms with Crippen LogP contribution in [0.15, 0.2) is 182 Å². The van der Waals surface area contributed by atoms with Crippen molar-refractivity contribution in [3.8, 4) is 28.4 Å². The minimum atomic E-state index is -4.84. The molecular weight excluding hydrogens is 1210 g/mol. The third kappa shape index (κ3) is 15.7. The molecule has 91 heavy (non-hydrogen) atoms. The van der Waals surface area contributed by atoms with Crippen LogP contribution in [0.25, 0.3) is 32.7 Å². The predicted molar refractivity (Wildman–Crippen MR) is 341 cm³/mol. The molecule has 25 heteroatoms. The summed E-state index contributed by atoms with van der Waals surface area (Å²) in [6.45, 7) is 4.32. The Morgan fingerprint density at radius 3 is 1.86 bits per heavy atom. The predicted octanol–water partition coefficient (Wildman–Crippen LogP) is 12.3. The molecule has 8 aromatic rings. The van der Waals surface area contributed by atoms with Gasteiger partial charge in [0, 0.05) is 33.5 Å². The number of aryl methyl sites for hydroxylation is 1. The van der Waals surface area contributed by atoms with Gasteiger partial charge in [-0.15, -0.1) is 10.2 Å². The van der Waals surface area contributed by atoms with Crippen molar-refractivity contribution in [3.63, 3.8) is 0 Å². The maximum absolute atomic E-state index is 14.2. The van der Waals surface area contributed by atoms with E-state index in [1.54, 1.807) is 123 Å². The minimum absolute atomic E-state index is 0.0215. The van der Waals surface area contributed by atoms with E-state index in [1.807, 2.05) is 19.1 Å². The molecule has 2 unspecified atom stereocenters. The summed E-state index contributed by atoms with van der Waals surface area (Å²) in [5.41, 5.74) is 9.09. The van der Waals surface area contributed by atoms with E-state index in [-0.39, 0.29) is 62.5 Å². The molecule has 0 radical (unpaired) electrons. The van der Waals surface area contributed by atoms with Crippen LogP contribution >= 0.6 is 0 Å². The van der Waals surface area contributed by atoms with Crippen molar-refractivity contribution in [1.82, 2.24) is 10.2 Å². The number of rotatable bonds is 24. The van der Waals surface area contributed by atoms with Gasteiger partial charge in [-0.3, -0.25) is 28.3 Å². The number of hydrogen-bond donors (Lipinski definition) is 5. The summed E-state index contributed by atoms with van der Waals surface area (Å²) in [6.07, 6.45) is 1.79. The Balaban J connectivity index is 0.868. The molecular formula is C66H66N8O15S2. The Morgan fingerprint density at radius 2 is 1.25 bits per heavy atom. The van der Waals surface area contributed by atoms with Crippen LogP contribution in [0.2, 0.25) is 0 Å². The number of piperidine rings is 1. The number of nitrogens with one attached hydrogen (secondary N) is 2. The third-order valence-corrected chi connectivity index (χ3v) is 17.4. The molecule has 1 fully saturated rings. The average Bonchev–Trinajstić information content (AvgIpc) is 0.896. The maximum Gasteiger partial charge on any atom is 0.329 e. The van der Waals surface area contributed by atoms with E-state index in [9.17, 15) is 49.9 Å². The number of ether oxygens (including phenoxy) is 4. The fraction of sp³-hybridized carbons (Fsp3) is 0.258. The Bertz CT molecular complexity index is 4390. The first-order chi connectivity index (χ1) is 43.5. The Hall–Kier alpha value is -9.95. The van der Waals surface area contributed by atoms with E-state index in [2.05, 4.69) is 31.1 Å².